The van der Waals surface area contributed by atoms with Crippen LogP contribution in [0.2, 0.25) is 0 Å². The summed E-state index contributed by atoms with van der Waals surface area (Å²) >= 11 is 0. The number of hydrogen-bond donors (Lipinski definition) is 2. The van der Waals surface area contributed by atoms with Crippen LogP contribution in [0, 0.1) is 0 Å². The molecular weight excluding hydrogens is 196 g/mol. The zero-order chi connectivity index (χ0) is 11.1. The maximum absolute atomic E-state index is 11.4. The number of rotatable bonds is 6. The first-order valence-electron chi connectivity index (χ1n) is 4.81. The molecule has 0 aromatic carbocycles. The molecule has 0 spiro atoms. The lowest BCUT2D eigenvalue weighted by Gasteiger charge is -2.12. The molecule has 0 saturated carbocycles. The van der Waals surface area contributed by atoms with Crippen molar-refractivity contribution in [2.24, 2.45) is 5.73 Å². The molecule has 1 amide bonds. The van der Waals surface area contributed by atoms with Gasteiger partial charge in [-0.1, -0.05) is 0 Å². The van der Waals surface area contributed by atoms with Crippen LogP contribution in [0.25, 0.3) is 0 Å². The summed E-state index contributed by atoms with van der Waals surface area (Å²) in [6, 6.07) is 3.68. The number of hydrogen-bond acceptors (Lipinski definition) is 4. The van der Waals surface area contributed by atoms with Gasteiger partial charge in [-0.25, -0.2) is 0 Å². The van der Waals surface area contributed by atoms with Crippen molar-refractivity contribution < 1.29 is 13.9 Å². The average Bonchev–Trinajstić information content (AvgIpc) is 2.72. The van der Waals surface area contributed by atoms with Crippen molar-refractivity contribution >= 4 is 5.91 Å². The Morgan fingerprint density at radius 2 is 2.53 bits per heavy atom. The standard InChI is InChI=1S/C10H16N2O3/c1-14-9(7-11)10(13)12-5-4-8-3-2-6-15-8/h2-3,6,9H,4-5,7,11H2,1H3,(H,12,13). The molecule has 3 N–H and O–H groups in total. The molecule has 5 nitrogen and oxygen atoms in total. The van der Waals surface area contributed by atoms with E-state index in [0.29, 0.717) is 13.0 Å². The van der Waals surface area contributed by atoms with Gasteiger partial charge in [0.2, 0.25) is 5.91 Å². The number of amides is 1. The van der Waals surface area contributed by atoms with E-state index in [2.05, 4.69) is 5.32 Å². The first-order chi connectivity index (χ1) is 7.27. The number of carbonyl (C=O) groups is 1. The van der Waals surface area contributed by atoms with Crippen molar-refractivity contribution in [2.45, 2.75) is 12.5 Å². The quantitative estimate of drug-likeness (QED) is 0.691. The third-order valence-corrected chi connectivity index (χ3v) is 2.04. The molecule has 1 aromatic rings. The molecule has 1 aromatic heterocycles. The predicted molar refractivity (Wildman–Crippen MR) is 55.3 cm³/mol. The summed E-state index contributed by atoms with van der Waals surface area (Å²) in [5.74, 6) is 0.656. The minimum Gasteiger partial charge on any atom is -0.469 e. The Morgan fingerprint density at radius 1 is 1.73 bits per heavy atom. The van der Waals surface area contributed by atoms with E-state index in [0.717, 1.165) is 5.76 Å². The minimum absolute atomic E-state index is 0.184. The molecule has 0 aliphatic heterocycles. The number of nitrogens with two attached hydrogens (primary N) is 1. The Kier molecular flexibility index (Phi) is 4.86. The Bertz CT molecular complexity index is 281. The van der Waals surface area contributed by atoms with Crippen LogP contribution in [0.5, 0.6) is 0 Å². The van der Waals surface area contributed by atoms with Gasteiger partial charge in [0.15, 0.2) is 0 Å². The normalized spacial score (nSPS) is 12.4. The van der Waals surface area contributed by atoms with Crippen molar-refractivity contribution in [3.05, 3.63) is 24.2 Å². The van der Waals surface area contributed by atoms with Crippen LogP contribution in [0.15, 0.2) is 22.8 Å². The SMILES string of the molecule is COC(CN)C(=O)NCCc1ccco1. The van der Waals surface area contributed by atoms with Crippen molar-refractivity contribution in [3.8, 4) is 0 Å². The van der Waals surface area contributed by atoms with Gasteiger partial charge in [0, 0.05) is 26.6 Å². The van der Waals surface area contributed by atoms with Gasteiger partial charge in [0.05, 0.1) is 6.26 Å². The largest absolute Gasteiger partial charge is 0.469 e. The molecule has 1 rings (SSSR count). The van der Waals surface area contributed by atoms with Crippen LogP contribution in [-0.4, -0.2) is 32.2 Å². The second kappa shape index (κ2) is 6.21. The number of carbonyl (C=O) groups excluding carboxylic acids is 1. The van der Waals surface area contributed by atoms with Crippen LogP contribution >= 0.6 is 0 Å². The summed E-state index contributed by atoms with van der Waals surface area (Å²) < 4.78 is 10.0. The molecule has 84 valence electrons. The van der Waals surface area contributed by atoms with Crippen molar-refractivity contribution in [1.82, 2.24) is 5.32 Å². The first-order valence-corrected chi connectivity index (χ1v) is 4.81. The molecule has 0 aliphatic rings. The van der Waals surface area contributed by atoms with Crippen LogP contribution in [-0.2, 0) is 16.0 Å². The van der Waals surface area contributed by atoms with Crippen LogP contribution in [0.3, 0.4) is 0 Å². The lowest BCUT2D eigenvalue weighted by atomic mass is 10.3. The lowest BCUT2D eigenvalue weighted by molar-refractivity contribution is -0.130. The molecule has 1 atom stereocenters. The fraction of sp³-hybridized carbons (Fsp3) is 0.500. The molecule has 5 heteroatoms. The average molecular weight is 212 g/mol. The number of methoxy groups -OCH3 is 1. The monoisotopic (exact) mass is 212 g/mol. The molecule has 1 heterocycles. The Hall–Kier alpha value is -1.33. The number of furan rings is 1. The molecule has 0 radical (unpaired) electrons. The highest BCUT2D eigenvalue weighted by Crippen LogP contribution is 1.99. The third kappa shape index (κ3) is 3.73. The van der Waals surface area contributed by atoms with E-state index < -0.39 is 6.10 Å². The zero-order valence-electron chi connectivity index (χ0n) is 8.73. The third-order valence-electron chi connectivity index (χ3n) is 2.04. The summed E-state index contributed by atoms with van der Waals surface area (Å²) in [6.07, 6.45) is 1.70. The molecule has 0 fully saturated rings. The molecule has 15 heavy (non-hydrogen) atoms. The predicted octanol–water partition coefficient (Wildman–Crippen LogP) is -0.0880. The fourth-order valence-electron chi connectivity index (χ4n) is 1.19. The smallest absolute Gasteiger partial charge is 0.250 e. The zero-order valence-corrected chi connectivity index (χ0v) is 8.73. The van der Waals surface area contributed by atoms with E-state index in [9.17, 15) is 4.79 Å². The van der Waals surface area contributed by atoms with Gasteiger partial charge in [-0.3, -0.25) is 4.79 Å². The Morgan fingerprint density at radius 3 is 3.07 bits per heavy atom. The van der Waals surface area contributed by atoms with E-state index in [4.69, 9.17) is 14.9 Å². The highest BCUT2D eigenvalue weighted by atomic mass is 16.5. The Labute approximate surface area is 88.6 Å². The van der Waals surface area contributed by atoms with Crippen molar-refractivity contribution in [3.63, 3.8) is 0 Å². The highest BCUT2D eigenvalue weighted by molar-refractivity contribution is 5.80. The fourth-order valence-corrected chi connectivity index (χ4v) is 1.19. The molecule has 0 bridgehead atoms. The van der Waals surface area contributed by atoms with Gasteiger partial charge < -0.3 is 20.2 Å². The van der Waals surface area contributed by atoms with Crippen LogP contribution in [0.1, 0.15) is 5.76 Å². The second-order valence-corrected chi connectivity index (χ2v) is 3.08. The lowest BCUT2D eigenvalue weighted by Crippen LogP contribution is -2.41. The summed E-state index contributed by atoms with van der Waals surface area (Å²) in [5.41, 5.74) is 5.35. The van der Waals surface area contributed by atoms with Gasteiger partial charge in [0.1, 0.15) is 11.9 Å². The summed E-state index contributed by atoms with van der Waals surface area (Å²) in [5, 5.41) is 2.72. The van der Waals surface area contributed by atoms with Crippen LogP contribution in [0.4, 0.5) is 0 Å². The second-order valence-electron chi connectivity index (χ2n) is 3.08. The van der Waals surface area contributed by atoms with Crippen molar-refractivity contribution in [1.29, 1.82) is 0 Å². The summed E-state index contributed by atoms with van der Waals surface area (Å²) in [4.78, 5) is 11.4. The molecule has 0 aliphatic carbocycles. The summed E-state index contributed by atoms with van der Waals surface area (Å²) in [6.45, 7) is 0.704. The molecule has 1 unspecified atom stereocenters. The molecular formula is C10H16N2O3. The Balaban J connectivity index is 2.22. The van der Waals surface area contributed by atoms with Gasteiger partial charge in [-0.2, -0.15) is 0 Å². The van der Waals surface area contributed by atoms with E-state index >= 15 is 0 Å². The maximum atomic E-state index is 11.4. The topological polar surface area (TPSA) is 77.5 Å². The van der Waals surface area contributed by atoms with Gasteiger partial charge >= 0.3 is 0 Å². The first kappa shape index (κ1) is 11.7. The molecule has 0 saturated heterocycles. The van der Waals surface area contributed by atoms with E-state index in [-0.39, 0.29) is 12.5 Å². The van der Waals surface area contributed by atoms with E-state index in [1.54, 1.807) is 6.26 Å². The van der Waals surface area contributed by atoms with Crippen molar-refractivity contribution in [2.75, 3.05) is 20.2 Å². The highest BCUT2D eigenvalue weighted by Gasteiger charge is 2.14. The van der Waals surface area contributed by atoms with E-state index in [1.165, 1.54) is 7.11 Å². The minimum atomic E-state index is -0.568. The van der Waals surface area contributed by atoms with Gasteiger partial charge in [-0.05, 0) is 12.1 Å². The van der Waals surface area contributed by atoms with Gasteiger partial charge in [0.25, 0.3) is 0 Å². The number of ether oxygens (including phenoxy) is 1. The number of nitrogens with one attached hydrogen (secondary N) is 1. The van der Waals surface area contributed by atoms with Crippen LogP contribution < -0.4 is 11.1 Å². The van der Waals surface area contributed by atoms with E-state index in [1.807, 2.05) is 12.1 Å². The maximum Gasteiger partial charge on any atom is 0.250 e. The van der Waals surface area contributed by atoms with Gasteiger partial charge in [-0.15, -0.1) is 0 Å². The summed E-state index contributed by atoms with van der Waals surface area (Å²) in [7, 11) is 1.46.